The normalized spacial score (nSPS) is 22.3. The summed E-state index contributed by atoms with van der Waals surface area (Å²) in [5.41, 5.74) is -1.15. The first-order valence-corrected chi connectivity index (χ1v) is 7.76. The molecule has 0 radical (unpaired) electrons. The second-order valence-corrected chi connectivity index (χ2v) is 5.83. The standard InChI is InChI=1S/C16H21F3N2O2/c17-16(18,19)12-7-4-5-9-14(12)21-15(23)20-13-8-3-1-2-6-11(13)10-22/h4-5,7,9,11,13,22H,1-3,6,8,10H2,(H2,20,21,23). The van der Waals surface area contributed by atoms with Crippen LogP contribution in [0.2, 0.25) is 0 Å². The van der Waals surface area contributed by atoms with E-state index in [1.54, 1.807) is 0 Å². The first-order valence-electron chi connectivity index (χ1n) is 7.76. The van der Waals surface area contributed by atoms with Gasteiger partial charge >= 0.3 is 12.2 Å². The number of halogens is 3. The van der Waals surface area contributed by atoms with Crippen LogP contribution in [0.4, 0.5) is 23.7 Å². The SMILES string of the molecule is O=C(Nc1ccccc1C(F)(F)F)NC1CCCCCC1CO. The summed E-state index contributed by atoms with van der Waals surface area (Å²) in [6.07, 6.45) is -0.0459. The number of benzene rings is 1. The number of aliphatic hydroxyl groups excluding tert-OH is 1. The highest BCUT2D eigenvalue weighted by molar-refractivity contribution is 5.90. The molecule has 1 aliphatic carbocycles. The molecule has 0 heterocycles. The van der Waals surface area contributed by atoms with Gasteiger partial charge in [0, 0.05) is 18.6 Å². The largest absolute Gasteiger partial charge is 0.418 e. The Kier molecular flexibility index (Phi) is 5.87. The second-order valence-electron chi connectivity index (χ2n) is 5.83. The average Bonchev–Trinajstić information content (AvgIpc) is 2.71. The Bertz CT molecular complexity index is 534. The van der Waals surface area contributed by atoms with Crippen LogP contribution in [0.1, 0.15) is 37.7 Å². The Labute approximate surface area is 133 Å². The molecule has 2 unspecified atom stereocenters. The van der Waals surface area contributed by atoms with Crippen molar-refractivity contribution in [2.75, 3.05) is 11.9 Å². The Morgan fingerprint density at radius 2 is 1.87 bits per heavy atom. The number of alkyl halides is 3. The van der Waals surface area contributed by atoms with Crippen molar-refractivity contribution in [2.24, 2.45) is 5.92 Å². The fraction of sp³-hybridized carbons (Fsp3) is 0.562. The fourth-order valence-corrected chi connectivity index (χ4v) is 2.96. The van der Waals surface area contributed by atoms with Crippen LogP contribution in [0.25, 0.3) is 0 Å². The second kappa shape index (κ2) is 7.68. The van der Waals surface area contributed by atoms with Crippen LogP contribution in [-0.2, 0) is 6.18 Å². The van der Waals surface area contributed by atoms with Crippen molar-refractivity contribution in [2.45, 2.75) is 44.3 Å². The van der Waals surface area contributed by atoms with Crippen LogP contribution in [0.3, 0.4) is 0 Å². The Hall–Kier alpha value is -1.76. The highest BCUT2D eigenvalue weighted by Crippen LogP contribution is 2.34. The maximum absolute atomic E-state index is 12.9. The number of nitrogens with one attached hydrogen (secondary N) is 2. The van der Waals surface area contributed by atoms with Gasteiger partial charge in [0.25, 0.3) is 0 Å². The molecule has 128 valence electrons. The molecule has 0 saturated heterocycles. The van der Waals surface area contributed by atoms with Crippen molar-refractivity contribution in [1.82, 2.24) is 5.32 Å². The number of carbonyl (C=O) groups excluding carboxylic acids is 1. The Morgan fingerprint density at radius 1 is 1.17 bits per heavy atom. The van der Waals surface area contributed by atoms with Crippen molar-refractivity contribution in [3.8, 4) is 0 Å². The molecule has 4 nitrogen and oxygen atoms in total. The Morgan fingerprint density at radius 3 is 2.57 bits per heavy atom. The van der Waals surface area contributed by atoms with E-state index in [2.05, 4.69) is 10.6 Å². The van der Waals surface area contributed by atoms with E-state index in [0.717, 1.165) is 38.2 Å². The monoisotopic (exact) mass is 330 g/mol. The molecule has 2 amide bonds. The summed E-state index contributed by atoms with van der Waals surface area (Å²) < 4.78 is 38.8. The van der Waals surface area contributed by atoms with Crippen molar-refractivity contribution < 1.29 is 23.1 Å². The van der Waals surface area contributed by atoms with E-state index < -0.39 is 17.8 Å². The van der Waals surface area contributed by atoms with Crippen LogP contribution >= 0.6 is 0 Å². The molecular formula is C16H21F3N2O2. The zero-order valence-corrected chi connectivity index (χ0v) is 12.7. The zero-order valence-electron chi connectivity index (χ0n) is 12.7. The summed E-state index contributed by atoms with van der Waals surface area (Å²) in [4.78, 5) is 12.1. The van der Waals surface area contributed by atoms with E-state index in [0.29, 0.717) is 0 Å². The summed E-state index contributed by atoms with van der Waals surface area (Å²) in [7, 11) is 0. The third-order valence-corrected chi connectivity index (χ3v) is 4.19. The minimum Gasteiger partial charge on any atom is -0.396 e. The first-order chi connectivity index (χ1) is 10.9. The number of hydrogen-bond donors (Lipinski definition) is 3. The van der Waals surface area contributed by atoms with Crippen molar-refractivity contribution in [3.63, 3.8) is 0 Å². The lowest BCUT2D eigenvalue weighted by atomic mass is 9.96. The quantitative estimate of drug-likeness (QED) is 0.739. The highest BCUT2D eigenvalue weighted by Gasteiger charge is 2.34. The van der Waals surface area contributed by atoms with Gasteiger partial charge in [0.05, 0.1) is 11.3 Å². The summed E-state index contributed by atoms with van der Waals surface area (Å²) in [5.74, 6) is -0.0545. The van der Waals surface area contributed by atoms with Gasteiger partial charge in [-0.3, -0.25) is 0 Å². The van der Waals surface area contributed by atoms with Crippen molar-refractivity contribution in [3.05, 3.63) is 29.8 Å². The minimum absolute atomic E-state index is 0.0376. The Balaban J connectivity index is 2.05. The maximum Gasteiger partial charge on any atom is 0.418 e. The summed E-state index contributed by atoms with van der Waals surface area (Å²) in [6, 6.07) is 3.97. The zero-order chi connectivity index (χ0) is 16.9. The number of amides is 2. The highest BCUT2D eigenvalue weighted by atomic mass is 19.4. The van der Waals surface area contributed by atoms with E-state index in [9.17, 15) is 23.1 Å². The lowest BCUT2D eigenvalue weighted by Gasteiger charge is -2.25. The molecule has 1 aliphatic rings. The third-order valence-electron chi connectivity index (χ3n) is 4.19. The van der Waals surface area contributed by atoms with Gasteiger partial charge in [-0.05, 0) is 25.0 Å². The molecule has 3 N–H and O–H groups in total. The van der Waals surface area contributed by atoms with Crippen LogP contribution < -0.4 is 10.6 Å². The van der Waals surface area contributed by atoms with Crippen LogP contribution in [-0.4, -0.2) is 23.8 Å². The van der Waals surface area contributed by atoms with Crippen LogP contribution in [0.15, 0.2) is 24.3 Å². The van der Waals surface area contributed by atoms with Crippen molar-refractivity contribution in [1.29, 1.82) is 0 Å². The van der Waals surface area contributed by atoms with Gasteiger partial charge in [0.15, 0.2) is 0 Å². The summed E-state index contributed by atoms with van der Waals surface area (Å²) in [6.45, 7) is -0.0376. The van der Waals surface area contributed by atoms with Crippen LogP contribution in [0.5, 0.6) is 0 Å². The predicted octanol–water partition coefficient (Wildman–Crippen LogP) is 3.77. The summed E-state index contributed by atoms with van der Waals surface area (Å²) >= 11 is 0. The lowest BCUT2D eigenvalue weighted by Crippen LogP contribution is -2.43. The maximum atomic E-state index is 12.9. The average molecular weight is 330 g/mol. The number of anilines is 1. The number of para-hydroxylation sites is 1. The van der Waals surface area contributed by atoms with Crippen LogP contribution in [0, 0.1) is 5.92 Å². The molecule has 2 atom stereocenters. The molecular weight excluding hydrogens is 309 g/mol. The molecule has 0 bridgehead atoms. The smallest absolute Gasteiger partial charge is 0.396 e. The molecule has 1 aromatic rings. The predicted molar refractivity (Wildman–Crippen MR) is 81.0 cm³/mol. The molecule has 7 heteroatoms. The third kappa shape index (κ3) is 4.86. The fourth-order valence-electron chi connectivity index (χ4n) is 2.96. The molecule has 0 aliphatic heterocycles. The van der Waals surface area contributed by atoms with Gasteiger partial charge in [-0.1, -0.05) is 31.4 Å². The van der Waals surface area contributed by atoms with Gasteiger partial charge in [0.2, 0.25) is 0 Å². The molecule has 0 aromatic heterocycles. The van der Waals surface area contributed by atoms with E-state index in [1.165, 1.54) is 18.2 Å². The first kappa shape index (κ1) is 17.6. The lowest BCUT2D eigenvalue weighted by molar-refractivity contribution is -0.136. The molecule has 0 spiro atoms. The number of urea groups is 1. The molecule has 2 rings (SSSR count). The van der Waals surface area contributed by atoms with Gasteiger partial charge in [0.1, 0.15) is 0 Å². The van der Waals surface area contributed by atoms with Crippen molar-refractivity contribution >= 4 is 11.7 Å². The van der Waals surface area contributed by atoms with E-state index >= 15 is 0 Å². The van der Waals surface area contributed by atoms with E-state index in [1.807, 2.05) is 0 Å². The number of hydrogen-bond acceptors (Lipinski definition) is 2. The number of rotatable bonds is 3. The topological polar surface area (TPSA) is 61.4 Å². The van der Waals surface area contributed by atoms with Gasteiger partial charge in [-0.25, -0.2) is 4.79 Å². The van der Waals surface area contributed by atoms with Gasteiger partial charge in [-0.15, -0.1) is 0 Å². The van der Waals surface area contributed by atoms with Gasteiger partial charge < -0.3 is 15.7 Å². The molecule has 23 heavy (non-hydrogen) atoms. The number of aliphatic hydroxyl groups is 1. The molecule has 1 saturated carbocycles. The number of carbonyl (C=O) groups is 1. The summed E-state index contributed by atoms with van der Waals surface area (Å²) in [5, 5.41) is 14.4. The molecule has 1 aromatic carbocycles. The van der Waals surface area contributed by atoms with E-state index in [-0.39, 0.29) is 24.3 Å². The van der Waals surface area contributed by atoms with E-state index in [4.69, 9.17) is 0 Å². The molecule has 1 fully saturated rings. The minimum atomic E-state index is -4.53. The van der Waals surface area contributed by atoms with Gasteiger partial charge in [-0.2, -0.15) is 13.2 Å².